The molecule has 0 bridgehead atoms. The topological polar surface area (TPSA) is 0 Å². The van der Waals surface area contributed by atoms with Crippen molar-refractivity contribution in [3.05, 3.63) is 188 Å². The molecule has 0 nitrogen and oxygen atoms in total. The summed E-state index contributed by atoms with van der Waals surface area (Å²) < 4.78 is 0. The van der Waals surface area contributed by atoms with Crippen molar-refractivity contribution in [1.82, 2.24) is 0 Å². The maximum atomic E-state index is 2.46. The van der Waals surface area contributed by atoms with Crippen molar-refractivity contribution in [2.45, 2.75) is 205 Å². The Morgan fingerprint density at radius 2 is 0.606 bits per heavy atom. The van der Waals surface area contributed by atoms with Crippen LogP contribution in [0.3, 0.4) is 0 Å². The van der Waals surface area contributed by atoms with E-state index in [4.69, 9.17) is 0 Å². The smallest absolute Gasteiger partial charge is 0.0102 e. The van der Waals surface area contributed by atoms with Crippen LogP contribution in [0.15, 0.2) is 121 Å². The average Bonchev–Trinajstić information content (AvgIpc) is 3.33. The van der Waals surface area contributed by atoms with E-state index in [1.807, 2.05) is 0 Å². The van der Waals surface area contributed by atoms with Gasteiger partial charge in [0.05, 0.1) is 0 Å². The Labute approximate surface area is 434 Å². The third-order valence-corrected chi connectivity index (χ3v) is 14.5. The lowest BCUT2D eigenvalue weighted by molar-refractivity contribution is 0.600. The Kier molecular flexibility index (Phi) is 23.9. The van der Waals surface area contributed by atoms with E-state index in [1.165, 1.54) is 221 Å². The first-order chi connectivity index (χ1) is 34.3. The molecule has 0 N–H and O–H groups in total. The van der Waals surface area contributed by atoms with E-state index in [9.17, 15) is 0 Å². The van der Waals surface area contributed by atoms with Gasteiger partial charge in [0.1, 0.15) is 0 Å². The van der Waals surface area contributed by atoms with Gasteiger partial charge in [0, 0.05) is 0 Å². The zero-order valence-electron chi connectivity index (χ0n) is 47.0. The van der Waals surface area contributed by atoms with Crippen molar-refractivity contribution in [1.29, 1.82) is 0 Å². The first kappa shape index (κ1) is 56.7. The normalized spacial score (nSPS) is 11.0. The summed E-state index contributed by atoms with van der Waals surface area (Å²) in [4.78, 5) is 0. The molecular formula is C71H94. The van der Waals surface area contributed by atoms with Crippen molar-refractivity contribution >= 4 is 43.1 Å². The molecule has 0 fully saturated rings. The van der Waals surface area contributed by atoms with Gasteiger partial charge in [-0.1, -0.05) is 270 Å². The molecule has 0 atom stereocenters. The van der Waals surface area contributed by atoms with Crippen LogP contribution in [0.25, 0.3) is 43.1 Å². The molecule has 0 aliphatic rings. The molecule has 0 heteroatoms. The van der Waals surface area contributed by atoms with Crippen LogP contribution in [0, 0.1) is 62.3 Å². The quantitative estimate of drug-likeness (QED) is 0.0560. The van der Waals surface area contributed by atoms with Crippen molar-refractivity contribution in [2.24, 2.45) is 0 Å². The highest BCUT2D eigenvalue weighted by atomic mass is 14.2. The molecule has 0 saturated carbocycles. The Hall–Kier alpha value is -5.20. The summed E-state index contributed by atoms with van der Waals surface area (Å²) in [6, 6.07) is 45.3. The van der Waals surface area contributed by atoms with Crippen molar-refractivity contribution in [3.8, 4) is 0 Å². The summed E-state index contributed by atoms with van der Waals surface area (Å²) in [7, 11) is 0. The van der Waals surface area contributed by atoms with Crippen LogP contribution in [0.5, 0.6) is 0 Å². The lowest BCUT2D eigenvalue weighted by Gasteiger charge is -2.19. The number of unbranched alkanes of at least 4 members (excludes halogenated alkanes) is 13. The predicted octanol–water partition coefficient (Wildman–Crippen LogP) is 22.1. The Balaban J connectivity index is 0.000000200. The Bertz CT molecular complexity index is 2750. The van der Waals surface area contributed by atoms with Crippen LogP contribution in [0.1, 0.15) is 190 Å². The molecule has 0 aliphatic carbocycles. The molecule has 0 saturated heterocycles. The summed E-state index contributed by atoms with van der Waals surface area (Å²) in [6.45, 7) is 26.4. The zero-order chi connectivity index (χ0) is 51.1. The summed E-state index contributed by atoms with van der Waals surface area (Å²) in [5, 5.41) is 11.4. The molecule has 0 amide bonds. The second kappa shape index (κ2) is 30.0. The van der Waals surface area contributed by atoms with E-state index in [1.54, 1.807) is 11.1 Å². The molecular weight excluding hydrogens is 853 g/mol. The van der Waals surface area contributed by atoms with Crippen LogP contribution >= 0.6 is 0 Å². The molecule has 378 valence electrons. The number of benzene rings is 8. The maximum absolute atomic E-state index is 2.46. The molecule has 71 heavy (non-hydrogen) atoms. The fraction of sp³-hybridized carbons (Fsp3) is 0.437. The average molecular weight is 948 g/mol. The van der Waals surface area contributed by atoms with Gasteiger partial charge in [-0.15, -0.1) is 0 Å². The highest BCUT2D eigenvalue weighted by molar-refractivity contribution is 6.11. The molecule has 0 unspecified atom stereocenters. The summed E-state index contributed by atoms with van der Waals surface area (Å²) in [5.74, 6) is 0. The molecule has 0 radical (unpaired) electrons. The minimum Gasteiger partial charge on any atom is -0.0654 e. The van der Waals surface area contributed by atoms with Gasteiger partial charge in [-0.05, 0) is 166 Å². The lowest BCUT2D eigenvalue weighted by Crippen LogP contribution is -2.00. The number of fused-ring (bicyclic) bond motifs is 6. The summed E-state index contributed by atoms with van der Waals surface area (Å²) in [6.07, 6.45) is 25.6. The first-order valence-electron chi connectivity index (χ1n) is 28.3. The third kappa shape index (κ3) is 18.1. The zero-order valence-corrected chi connectivity index (χ0v) is 47.0. The minimum absolute atomic E-state index is 1.24. The molecule has 0 spiro atoms. The predicted molar refractivity (Wildman–Crippen MR) is 320 cm³/mol. The van der Waals surface area contributed by atoms with Gasteiger partial charge in [0.2, 0.25) is 0 Å². The SMILES string of the molecule is CCCCCCCCc1c(CCCCCCCC)c2cc(C)ccc2c2ccc(C)cc12.CCCCCCc1cc(C)cc(C)c1.Cc1ccc2c(c1)cc(C)c1cc(C)ccc12.Cc1cccc(C)c1. The highest BCUT2D eigenvalue weighted by Crippen LogP contribution is 2.37. The summed E-state index contributed by atoms with van der Waals surface area (Å²) in [5.41, 5.74) is 17.1. The van der Waals surface area contributed by atoms with Crippen molar-refractivity contribution < 1.29 is 0 Å². The third-order valence-electron chi connectivity index (χ3n) is 14.5. The van der Waals surface area contributed by atoms with Gasteiger partial charge >= 0.3 is 0 Å². The first-order valence-corrected chi connectivity index (χ1v) is 28.3. The van der Waals surface area contributed by atoms with Crippen LogP contribution < -0.4 is 0 Å². The van der Waals surface area contributed by atoms with Gasteiger partial charge < -0.3 is 0 Å². The van der Waals surface area contributed by atoms with Gasteiger partial charge in [-0.2, -0.15) is 0 Å². The van der Waals surface area contributed by atoms with Crippen LogP contribution in [-0.4, -0.2) is 0 Å². The molecule has 8 rings (SSSR count). The second-order valence-electron chi connectivity index (χ2n) is 21.5. The van der Waals surface area contributed by atoms with Gasteiger partial charge in [-0.3, -0.25) is 0 Å². The second-order valence-corrected chi connectivity index (χ2v) is 21.5. The van der Waals surface area contributed by atoms with E-state index < -0.39 is 0 Å². The van der Waals surface area contributed by atoms with Crippen molar-refractivity contribution in [3.63, 3.8) is 0 Å². The van der Waals surface area contributed by atoms with Gasteiger partial charge in [0.15, 0.2) is 0 Å². The molecule has 0 aliphatic heterocycles. The fourth-order valence-corrected chi connectivity index (χ4v) is 10.7. The van der Waals surface area contributed by atoms with Crippen LogP contribution in [-0.2, 0) is 19.3 Å². The van der Waals surface area contributed by atoms with E-state index in [2.05, 4.69) is 204 Å². The number of aryl methyl sites for hydroxylation is 12. The molecule has 0 aromatic heterocycles. The van der Waals surface area contributed by atoms with Gasteiger partial charge in [-0.25, -0.2) is 0 Å². The fourth-order valence-electron chi connectivity index (χ4n) is 10.7. The minimum atomic E-state index is 1.24. The van der Waals surface area contributed by atoms with Crippen LogP contribution in [0.4, 0.5) is 0 Å². The maximum Gasteiger partial charge on any atom is -0.0102 e. The molecule has 0 heterocycles. The van der Waals surface area contributed by atoms with E-state index in [-0.39, 0.29) is 0 Å². The van der Waals surface area contributed by atoms with E-state index >= 15 is 0 Å². The summed E-state index contributed by atoms with van der Waals surface area (Å²) >= 11 is 0. The lowest BCUT2D eigenvalue weighted by atomic mass is 9.85. The van der Waals surface area contributed by atoms with Gasteiger partial charge in [0.25, 0.3) is 0 Å². The number of rotatable bonds is 19. The molecule has 8 aromatic carbocycles. The highest BCUT2D eigenvalue weighted by Gasteiger charge is 2.15. The number of hydrogen-bond donors (Lipinski definition) is 0. The van der Waals surface area contributed by atoms with E-state index in [0.717, 1.165) is 0 Å². The van der Waals surface area contributed by atoms with Crippen molar-refractivity contribution in [2.75, 3.05) is 0 Å². The monoisotopic (exact) mass is 947 g/mol. The standard InChI is InChI=1S/C32H46.C17H16.C14H22.C8H10/c1-5-7-9-11-13-15-17-27-28(18-16-14-12-10-8-6-2)32-24-26(4)20-22-30(32)29-21-19-25(3)23-31(27)29;1-11-4-6-15-14(8-11)10-13(3)17-9-12(2)5-7-16(15)17;1-4-5-6-7-8-14-10-12(2)9-13(3)11-14;1-7-4-3-5-8(2)6-7/h19-24H,5-18H2,1-4H3;4-10H,1-3H3;9-11H,4-8H2,1-3H3;3-6H,1-2H3. The van der Waals surface area contributed by atoms with Crippen LogP contribution in [0.2, 0.25) is 0 Å². The Morgan fingerprint density at radius 1 is 0.254 bits per heavy atom. The number of hydrogen-bond acceptors (Lipinski definition) is 0. The largest absolute Gasteiger partial charge is 0.0654 e. The molecule has 8 aromatic rings. The Morgan fingerprint density at radius 3 is 1.06 bits per heavy atom. The van der Waals surface area contributed by atoms with E-state index in [0.29, 0.717) is 0 Å².